The van der Waals surface area contributed by atoms with E-state index in [1.54, 1.807) is 28.5 Å². The van der Waals surface area contributed by atoms with Gasteiger partial charge in [-0.15, -0.1) is 11.3 Å². The van der Waals surface area contributed by atoms with Gasteiger partial charge in [0.25, 0.3) is 5.91 Å². The van der Waals surface area contributed by atoms with Crippen LogP contribution in [0, 0.1) is 12.7 Å². The van der Waals surface area contributed by atoms with Gasteiger partial charge in [0.1, 0.15) is 22.3 Å². The Balaban J connectivity index is 1.81. The highest BCUT2D eigenvalue weighted by Crippen LogP contribution is 2.30. The number of nitrogens with zero attached hydrogens (tertiary/aromatic N) is 2. The molecule has 204 valence electrons. The maximum atomic E-state index is 13.6. The number of aryl methyl sites for hydroxylation is 1. The SMILES string of the molecule is COc1cc(C(=O)N(CCCc2cccc(F)c2)Cc2nc(CC(=O)NS(C)(=O)=O)cs2)cc(OC)c1C. The number of methoxy groups -OCH3 is 2. The maximum Gasteiger partial charge on any atom is 0.254 e. The minimum absolute atomic E-state index is 0.166. The van der Waals surface area contributed by atoms with E-state index in [0.29, 0.717) is 47.2 Å². The molecule has 3 aromatic rings. The number of sulfonamides is 1. The van der Waals surface area contributed by atoms with Gasteiger partial charge in [-0.3, -0.25) is 14.3 Å². The van der Waals surface area contributed by atoms with Crippen LogP contribution in [0.5, 0.6) is 11.5 Å². The second kappa shape index (κ2) is 12.8. The third kappa shape index (κ3) is 8.25. The van der Waals surface area contributed by atoms with Crippen molar-refractivity contribution in [3.05, 3.63) is 75.0 Å². The van der Waals surface area contributed by atoms with Crippen molar-refractivity contribution >= 4 is 33.2 Å². The molecule has 38 heavy (non-hydrogen) atoms. The van der Waals surface area contributed by atoms with Crippen molar-refractivity contribution in [1.29, 1.82) is 0 Å². The molecule has 0 aliphatic heterocycles. The lowest BCUT2D eigenvalue weighted by molar-refractivity contribution is -0.118. The quantitative estimate of drug-likeness (QED) is 0.359. The van der Waals surface area contributed by atoms with Crippen LogP contribution >= 0.6 is 11.3 Å². The lowest BCUT2D eigenvalue weighted by Crippen LogP contribution is -2.32. The molecule has 0 saturated carbocycles. The van der Waals surface area contributed by atoms with Gasteiger partial charge in [-0.1, -0.05) is 12.1 Å². The number of ether oxygens (including phenoxy) is 2. The van der Waals surface area contributed by atoms with E-state index in [0.717, 1.165) is 17.4 Å². The van der Waals surface area contributed by atoms with Crippen molar-refractivity contribution in [2.75, 3.05) is 27.0 Å². The zero-order chi connectivity index (χ0) is 27.9. The minimum atomic E-state index is -3.67. The Labute approximate surface area is 225 Å². The lowest BCUT2D eigenvalue weighted by Gasteiger charge is -2.23. The van der Waals surface area contributed by atoms with Crippen molar-refractivity contribution < 1.29 is 31.9 Å². The number of aromatic nitrogens is 1. The standard InChI is InChI=1S/C26H30FN3O6S2/c1-17-22(35-2)12-19(13-23(17)36-3)26(32)30(10-6-8-18-7-5-9-20(27)11-18)15-25-28-21(16-37-25)14-24(31)29-38(4,33)34/h5,7,9,11-13,16H,6,8,10,14-15H2,1-4H3,(H,29,31). The van der Waals surface area contributed by atoms with Crippen LogP contribution in [0.2, 0.25) is 0 Å². The third-order valence-corrected chi connectivity index (χ3v) is 7.12. The number of carbonyl (C=O) groups excluding carboxylic acids is 2. The number of halogens is 1. The Kier molecular flexibility index (Phi) is 9.81. The second-order valence-corrected chi connectivity index (χ2v) is 11.4. The zero-order valence-corrected chi connectivity index (χ0v) is 23.2. The van der Waals surface area contributed by atoms with Crippen LogP contribution < -0.4 is 14.2 Å². The number of rotatable bonds is 12. The Morgan fingerprint density at radius 2 is 1.82 bits per heavy atom. The minimum Gasteiger partial charge on any atom is -0.496 e. The van der Waals surface area contributed by atoms with Gasteiger partial charge < -0.3 is 14.4 Å². The van der Waals surface area contributed by atoms with Crippen LogP contribution in [0.4, 0.5) is 4.39 Å². The summed E-state index contributed by atoms with van der Waals surface area (Å²) < 4.78 is 48.9. The highest BCUT2D eigenvalue weighted by molar-refractivity contribution is 7.89. The topological polar surface area (TPSA) is 115 Å². The number of hydrogen-bond acceptors (Lipinski definition) is 8. The van der Waals surface area contributed by atoms with E-state index in [2.05, 4.69) is 4.98 Å². The molecule has 2 aromatic carbocycles. The Morgan fingerprint density at radius 1 is 1.13 bits per heavy atom. The van der Waals surface area contributed by atoms with Gasteiger partial charge >= 0.3 is 0 Å². The van der Waals surface area contributed by atoms with E-state index in [1.165, 1.54) is 37.7 Å². The molecule has 0 saturated heterocycles. The fraction of sp³-hybridized carbons (Fsp3) is 0.346. The number of thiazole rings is 1. The molecule has 2 amide bonds. The van der Waals surface area contributed by atoms with Crippen LogP contribution in [0.3, 0.4) is 0 Å². The van der Waals surface area contributed by atoms with Crippen molar-refractivity contribution in [2.24, 2.45) is 0 Å². The van der Waals surface area contributed by atoms with E-state index in [4.69, 9.17) is 9.47 Å². The van der Waals surface area contributed by atoms with Crippen molar-refractivity contribution in [2.45, 2.75) is 32.7 Å². The van der Waals surface area contributed by atoms with E-state index in [-0.39, 0.29) is 24.7 Å². The smallest absolute Gasteiger partial charge is 0.254 e. The van der Waals surface area contributed by atoms with Gasteiger partial charge in [0.2, 0.25) is 15.9 Å². The lowest BCUT2D eigenvalue weighted by atomic mass is 10.1. The second-order valence-electron chi connectivity index (χ2n) is 8.67. The molecule has 0 fully saturated rings. The molecule has 12 heteroatoms. The first-order valence-corrected chi connectivity index (χ1v) is 14.5. The fourth-order valence-corrected chi connectivity index (χ4v) is 5.18. The Morgan fingerprint density at radius 3 is 2.42 bits per heavy atom. The molecule has 0 aliphatic carbocycles. The summed E-state index contributed by atoms with van der Waals surface area (Å²) in [5.74, 6) is -0.246. The molecule has 0 spiro atoms. The van der Waals surface area contributed by atoms with E-state index in [1.807, 2.05) is 17.7 Å². The summed E-state index contributed by atoms with van der Waals surface area (Å²) in [6, 6.07) is 9.64. The first-order chi connectivity index (χ1) is 18.0. The van der Waals surface area contributed by atoms with Crippen LogP contribution in [-0.2, 0) is 34.2 Å². The third-order valence-electron chi connectivity index (χ3n) is 5.64. The van der Waals surface area contributed by atoms with Crippen LogP contribution in [-0.4, -0.2) is 57.1 Å². The molecule has 0 bridgehead atoms. The van der Waals surface area contributed by atoms with Crippen LogP contribution in [0.15, 0.2) is 41.8 Å². The van der Waals surface area contributed by atoms with Crippen molar-refractivity contribution in [1.82, 2.24) is 14.6 Å². The molecule has 0 aliphatic rings. The molecule has 0 radical (unpaired) electrons. The Bertz CT molecular complexity index is 1380. The van der Waals surface area contributed by atoms with E-state index in [9.17, 15) is 22.4 Å². The summed E-state index contributed by atoms with van der Waals surface area (Å²) in [5.41, 5.74) is 2.36. The molecule has 3 rings (SSSR count). The predicted molar refractivity (Wildman–Crippen MR) is 143 cm³/mol. The molecule has 0 unspecified atom stereocenters. The average molecular weight is 564 g/mol. The first kappa shape index (κ1) is 29.1. The van der Waals surface area contributed by atoms with Gasteiger partial charge in [0, 0.05) is 23.1 Å². The number of benzene rings is 2. The molecular weight excluding hydrogens is 533 g/mol. The number of carbonyl (C=O) groups is 2. The largest absolute Gasteiger partial charge is 0.496 e. The normalized spacial score (nSPS) is 11.2. The van der Waals surface area contributed by atoms with Crippen molar-refractivity contribution in [3.8, 4) is 11.5 Å². The molecule has 1 aromatic heterocycles. The van der Waals surface area contributed by atoms with Gasteiger partial charge in [-0.25, -0.2) is 17.8 Å². The molecule has 1 heterocycles. The Hall–Kier alpha value is -3.51. The van der Waals surface area contributed by atoms with Crippen LogP contribution in [0.1, 0.15) is 38.6 Å². The van der Waals surface area contributed by atoms with Gasteiger partial charge in [-0.05, 0) is 49.6 Å². The summed E-state index contributed by atoms with van der Waals surface area (Å²) in [7, 11) is -0.634. The highest BCUT2D eigenvalue weighted by atomic mass is 32.2. The summed E-state index contributed by atoms with van der Waals surface area (Å²) in [5, 5.41) is 2.24. The predicted octanol–water partition coefficient (Wildman–Crippen LogP) is 3.50. The average Bonchev–Trinajstić information content (AvgIpc) is 3.28. The molecule has 1 N–H and O–H groups in total. The highest BCUT2D eigenvalue weighted by Gasteiger charge is 2.21. The van der Waals surface area contributed by atoms with Crippen molar-refractivity contribution in [3.63, 3.8) is 0 Å². The summed E-state index contributed by atoms with van der Waals surface area (Å²) in [6.07, 6.45) is 1.84. The number of hydrogen-bond donors (Lipinski definition) is 1. The number of nitrogens with one attached hydrogen (secondary N) is 1. The molecule has 9 nitrogen and oxygen atoms in total. The fourth-order valence-electron chi connectivity index (χ4n) is 3.88. The van der Waals surface area contributed by atoms with Gasteiger partial charge in [0.15, 0.2) is 0 Å². The van der Waals surface area contributed by atoms with Crippen LogP contribution in [0.25, 0.3) is 0 Å². The van der Waals surface area contributed by atoms with E-state index < -0.39 is 15.9 Å². The molecule has 0 atom stereocenters. The number of amides is 2. The zero-order valence-electron chi connectivity index (χ0n) is 21.6. The summed E-state index contributed by atoms with van der Waals surface area (Å²) in [4.78, 5) is 31.6. The summed E-state index contributed by atoms with van der Waals surface area (Å²) >= 11 is 1.27. The van der Waals surface area contributed by atoms with E-state index >= 15 is 0 Å². The maximum absolute atomic E-state index is 13.6. The summed E-state index contributed by atoms with van der Waals surface area (Å²) in [6.45, 7) is 2.36. The molecular formula is C26H30FN3O6S2. The van der Waals surface area contributed by atoms with Gasteiger partial charge in [0.05, 0.1) is 39.1 Å². The first-order valence-electron chi connectivity index (χ1n) is 11.7. The van der Waals surface area contributed by atoms with Gasteiger partial charge in [-0.2, -0.15) is 0 Å². The monoisotopic (exact) mass is 563 g/mol.